The summed E-state index contributed by atoms with van der Waals surface area (Å²) < 4.78 is 0. The quantitative estimate of drug-likeness (QED) is 0.701. The molecule has 4 heteroatoms. The van der Waals surface area contributed by atoms with E-state index in [0.29, 0.717) is 11.9 Å². The number of aliphatic hydroxyl groups excluding tert-OH is 1. The van der Waals surface area contributed by atoms with Gasteiger partial charge in [0.15, 0.2) is 0 Å². The second-order valence-corrected chi connectivity index (χ2v) is 6.74. The second kappa shape index (κ2) is 9.85. The lowest BCUT2D eigenvalue weighted by Gasteiger charge is -2.22. The van der Waals surface area contributed by atoms with Crippen molar-refractivity contribution in [1.29, 1.82) is 0 Å². The van der Waals surface area contributed by atoms with Gasteiger partial charge in [-0.05, 0) is 37.1 Å². The maximum atomic E-state index is 11.6. The number of carbonyl (C=O) groups is 1. The van der Waals surface area contributed by atoms with Crippen LogP contribution in [0.15, 0.2) is 24.3 Å². The monoisotopic (exact) mass is 309 g/mol. The number of nitrogens with zero attached hydrogens (tertiary/aromatic N) is 1. The Labute approximate surface area is 132 Å². The fourth-order valence-corrected chi connectivity index (χ4v) is 3.33. The largest absolute Gasteiger partial charge is 0.396 e. The first-order valence-electron chi connectivity index (χ1n) is 7.63. The van der Waals surface area contributed by atoms with Crippen molar-refractivity contribution in [2.45, 2.75) is 44.8 Å². The van der Waals surface area contributed by atoms with Crippen molar-refractivity contribution in [3.8, 4) is 0 Å². The maximum Gasteiger partial charge on any atom is 0.223 e. The number of amides is 1. The van der Waals surface area contributed by atoms with Crippen molar-refractivity contribution in [2.24, 2.45) is 0 Å². The fourth-order valence-electron chi connectivity index (χ4n) is 2.22. The van der Waals surface area contributed by atoms with E-state index in [1.807, 2.05) is 37.0 Å². The Morgan fingerprint density at radius 2 is 1.90 bits per heavy atom. The van der Waals surface area contributed by atoms with Gasteiger partial charge in [0.25, 0.3) is 0 Å². The van der Waals surface area contributed by atoms with Crippen LogP contribution in [0.2, 0.25) is 0 Å². The third-order valence-electron chi connectivity index (χ3n) is 3.63. The molecule has 3 nitrogen and oxygen atoms in total. The Bertz CT molecular complexity index is 437. The van der Waals surface area contributed by atoms with Gasteiger partial charge in [-0.3, -0.25) is 4.79 Å². The summed E-state index contributed by atoms with van der Waals surface area (Å²) in [5.41, 5.74) is 2.22. The van der Waals surface area contributed by atoms with E-state index in [0.717, 1.165) is 24.3 Å². The van der Waals surface area contributed by atoms with Crippen molar-refractivity contribution >= 4 is 23.4 Å². The average molecular weight is 309 g/mol. The summed E-state index contributed by atoms with van der Waals surface area (Å²) in [6.45, 7) is 4.09. The number of benzene rings is 1. The van der Waals surface area contributed by atoms with E-state index in [-0.39, 0.29) is 5.91 Å². The summed E-state index contributed by atoms with van der Waals surface area (Å²) in [5.74, 6) is 1.17. The molecule has 0 aliphatic heterocycles. The van der Waals surface area contributed by atoms with Gasteiger partial charge in [-0.15, -0.1) is 0 Å². The minimum Gasteiger partial charge on any atom is -0.396 e. The zero-order valence-corrected chi connectivity index (χ0v) is 14.2. The maximum absolute atomic E-state index is 11.6. The Kier molecular flexibility index (Phi) is 8.47. The molecule has 0 aliphatic carbocycles. The molecule has 1 rings (SSSR count). The Hall–Kier alpha value is -1.00. The van der Waals surface area contributed by atoms with Crippen LogP contribution in [-0.4, -0.2) is 30.4 Å². The molecule has 1 atom stereocenters. The summed E-state index contributed by atoms with van der Waals surface area (Å²) in [5, 5.41) is 9.13. The van der Waals surface area contributed by atoms with Crippen molar-refractivity contribution < 1.29 is 9.90 Å². The van der Waals surface area contributed by atoms with E-state index in [1.165, 1.54) is 18.4 Å². The second-order valence-electron chi connectivity index (χ2n) is 5.29. The van der Waals surface area contributed by atoms with Crippen molar-refractivity contribution in [1.82, 2.24) is 0 Å². The first-order valence-corrected chi connectivity index (χ1v) is 8.68. The Morgan fingerprint density at radius 1 is 1.24 bits per heavy atom. The molecule has 0 radical (unpaired) electrons. The van der Waals surface area contributed by atoms with Crippen LogP contribution < -0.4 is 4.90 Å². The molecule has 0 saturated heterocycles. The Morgan fingerprint density at radius 3 is 2.57 bits per heavy atom. The molecule has 0 aromatic heterocycles. The molecule has 0 aliphatic rings. The normalized spacial score (nSPS) is 12.2. The minimum atomic E-state index is 0.0589. The highest BCUT2D eigenvalue weighted by molar-refractivity contribution is 7.99. The average Bonchev–Trinajstić information content (AvgIpc) is 2.49. The molecule has 1 N–H and O–H groups in total. The van der Waals surface area contributed by atoms with E-state index in [2.05, 4.69) is 13.0 Å². The predicted molar refractivity (Wildman–Crippen MR) is 92.0 cm³/mol. The third-order valence-corrected chi connectivity index (χ3v) is 4.91. The molecule has 1 unspecified atom stereocenters. The van der Waals surface area contributed by atoms with Gasteiger partial charge in [-0.2, -0.15) is 11.8 Å². The molecule has 0 heterocycles. The molecule has 1 amide bonds. The number of para-hydroxylation sites is 1. The van der Waals surface area contributed by atoms with Crippen LogP contribution in [0.25, 0.3) is 0 Å². The highest BCUT2D eigenvalue weighted by Gasteiger charge is 2.15. The Balaban J connectivity index is 2.54. The van der Waals surface area contributed by atoms with Crippen LogP contribution >= 0.6 is 11.8 Å². The first kappa shape index (κ1) is 18.1. The summed E-state index contributed by atoms with van der Waals surface area (Å²) in [6.07, 6.45) is 4.37. The van der Waals surface area contributed by atoms with Crippen LogP contribution in [0, 0.1) is 0 Å². The van der Waals surface area contributed by atoms with E-state index in [1.54, 1.807) is 11.8 Å². The van der Waals surface area contributed by atoms with E-state index in [4.69, 9.17) is 5.11 Å². The standard InChI is InChI=1S/C17H27NO2S/c1-14(21-13-9-5-4-8-12-19)16-10-6-7-11-17(16)18(3)15(2)20/h6-7,10-11,14,19H,4-5,8-9,12-13H2,1-3H3. The van der Waals surface area contributed by atoms with Gasteiger partial charge in [0, 0.05) is 31.5 Å². The lowest BCUT2D eigenvalue weighted by molar-refractivity contribution is -0.116. The third kappa shape index (κ3) is 6.10. The number of rotatable bonds is 9. The minimum absolute atomic E-state index is 0.0589. The summed E-state index contributed by atoms with van der Waals surface area (Å²) in [4.78, 5) is 13.3. The van der Waals surface area contributed by atoms with Gasteiger partial charge >= 0.3 is 0 Å². The zero-order valence-electron chi connectivity index (χ0n) is 13.3. The molecule has 1 aromatic rings. The van der Waals surface area contributed by atoms with Crippen LogP contribution in [0.5, 0.6) is 0 Å². The predicted octanol–water partition coefficient (Wildman–Crippen LogP) is 4.02. The number of thioether (sulfide) groups is 1. The number of carbonyl (C=O) groups excluding carboxylic acids is 1. The number of hydrogen-bond acceptors (Lipinski definition) is 3. The van der Waals surface area contributed by atoms with Gasteiger partial charge in [0.05, 0.1) is 0 Å². The molecule has 0 saturated carbocycles. The van der Waals surface area contributed by atoms with Crippen LogP contribution in [0.4, 0.5) is 5.69 Å². The zero-order chi connectivity index (χ0) is 15.7. The van der Waals surface area contributed by atoms with Crippen molar-refractivity contribution in [2.75, 3.05) is 24.3 Å². The SMILES string of the molecule is CC(=O)N(C)c1ccccc1C(C)SCCCCCCO. The molecular formula is C17H27NO2S. The lowest BCUT2D eigenvalue weighted by atomic mass is 10.1. The first-order chi connectivity index (χ1) is 10.1. The molecule has 1 aromatic carbocycles. The molecule has 0 fully saturated rings. The van der Waals surface area contributed by atoms with Gasteiger partial charge < -0.3 is 10.0 Å². The van der Waals surface area contributed by atoms with Crippen LogP contribution in [0.1, 0.15) is 50.3 Å². The number of anilines is 1. The molecule has 0 spiro atoms. The molecule has 118 valence electrons. The van der Waals surface area contributed by atoms with Crippen LogP contribution in [0.3, 0.4) is 0 Å². The topological polar surface area (TPSA) is 40.5 Å². The van der Waals surface area contributed by atoms with Gasteiger partial charge in [0.2, 0.25) is 5.91 Å². The van der Waals surface area contributed by atoms with Gasteiger partial charge in [-0.25, -0.2) is 0 Å². The fraction of sp³-hybridized carbons (Fsp3) is 0.588. The smallest absolute Gasteiger partial charge is 0.223 e. The van der Waals surface area contributed by atoms with E-state index < -0.39 is 0 Å². The number of unbranched alkanes of at least 4 members (excludes halogenated alkanes) is 3. The number of aliphatic hydroxyl groups is 1. The summed E-state index contributed by atoms with van der Waals surface area (Å²) >= 11 is 1.93. The van der Waals surface area contributed by atoms with E-state index >= 15 is 0 Å². The summed E-state index contributed by atoms with van der Waals surface area (Å²) in [6, 6.07) is 8.13. The number of hydrogen-bond donors (Lipinski definition) is 1. The van der Waals surface area contributed by atoms with Gasteiger partial charge in [-0.1, -0.05) is 31.0 Å². The lowest BCUT2D eigenvalue weighted by Crippen LogP contribution is -2.24. The highest BCUT2D eigenvalue weighted by atomic mass is 32.2. The molecular weight excluding hydrogens is 282 g/mol. The van der Waals surface area contributed by atoms with E-state index in [9.17, 15) is 4.79 Å². The molecule has 0 bridgehead atoms. The summed E-state index contributed by atoms with van der Waals surface area (Å²) in [7, 11) is 1.83. The van der Waals surface area contributed by atoms with Crippen LogP contribution in [-0.2, 0) is 4.79 Å². The van der Waals surface area contributed by atoms with Gasteiger partial charge in [0.1, 0.15) is 0 Å². The molecule has 21 heavy (non-hydrogen) atoms. The highest BCUT2D eigenvalue weighted by Crippen LogP contribution is 2.35. The van der Waals surface area contributed by atoms with Crippen molar-refractivity contribution in [3.63, 3.8) is 0 Å². The van der Waals surface area contributed by atoms with Crippen molar-refractivity contribution in [3.05, 3.63) is 29.8 Å².